The summed E-state index contributed by atoms with van der Waals surface area (Å²) in [6, 6.07) is 1.39. The Morgan fingerprint density at radius 2 is 2.29 bits per heavy atom. The molecule has 1 aromatic rings. The van der Waals surface area contributed by atoms with Gasteiger partial charge in [0, 0.05) is 11.8 Å². The van der Waals surface area contributed by atoms with Gasteiger partial charge in [-0.15, -0.1) is 0 Å². The lowest BCUT2D eigenvalue weighted by Crippen LogP contribution is -2.05. The smallest absolute Gasteiger partial charge is 0.356 e. The van der Waals surface area contributed by atoms with Crippen LogP contribution in [-0.2, 0) is 9.53 Å². The fourth-order valence-electron chi connectivity index (χ4n) is 1.02. The second-order valence-electron chi connectivity index (χ2n) is 3.02. The quantitative estimate of drug-likeness (QED) is 0.562. The number of carboxylic acid groups (broad SMARTS) is 1. The lowest BCUT2D eigenvalue weighted by atomic mass is 10.2. The zero-order valence-corrected chi connectivity index (χ0v) is 9.06. The molecule has 0 atom stereocenters. The van der Waals surface area contributed by atoms with Crippen molar-refractivity contribution in [2.24, 2.45) is 0 Å². The zero-order valence-electron chi connectivity index (χ0n) is 9.06. The summed E-state index contributed by atoms with van der Waals surface area (Å²) in [7, 11) is 1.27. The molecule has 0 aromatic carbocycles. The summed E-state index contributed by atoms with van der Waals surface area (Å²) in [6.45, 7) is 0. The first kappa shape index (κ1) is 12.5. The highest BCUT2D eigenvalue weighted by Gasteiger charge is 2.08. The first-order valence-corrected chi connectivity index (χ1v) is 4.59. The Morgan fingerprint density at radius 3 is 2.82 bits per heavy atom. The molecule has 6 nitrogen and oxygen atoms in total. The van der Waals surface area contributed by atoms with Crippen LogP contribution >= 0.6 is 0 Å². The minimum absolute atomic E-state index is 0.0300. The molecular formula is C11H10N2O4. The molecule has 0 aliphatic rings. The molecule has 0 fully saturated rings. The Bertz CT molecular complexity index is 514. The van der Waals surface area contributed by atoms with Crippen LogP contribution in [0, 0.1) is 11.8 Å². The van der Waals surface area contributed by atoms with Crippen LogP contribution in [0.4, 0.5) is 5.69 Å². The monoisotopic (exact) mass is 234 g/mol. The Labute approximate surface area is 97.4 Å². The largest absolute Gasteiger partial charge is 0.476 e. The Kier molecular flexibility index (Phi) is 4.06. The van der Waals surface area contributed by atoms with E-state index < -0.39 is 11.9 Å². The fraction of sp³-hybridized carbons (Fsp3) is 0.182. The number of nitrogens with two attached hydrogens (primary N) is 1. The van der Waals surface area contributed by atoms with Gasteiger partial charge in [-0.05, 0) is 6.07 Å². The van der Waals surface area contributed by atoms with Crippen molar-refractivity contribution in [1.82, 2.24) is 4.98 Å². The molecule has 1 heterocycles. The molecule has 0 amide bonds. The van der Waals surface area contributed by atoms with Crippen molar-refractivity contribution in [3.05, 3.63) is 23.5 Å². The number of nitrogen functional groups attached to an aromatic ring is 1. The van der Waals surface area contributed by atoms with Gasteiger partial charge in [0.05, 0.1) is 12.8 Å². The van der Waals surface area contributed by atoms with E-state index in [1.165, 1.54) is 19.4 Å². The fourth-order valence-corrected chi connectivity index (χ4v) is 1.02. The van der Waals surface area contributed by atoms with Crippen molar-refractivity contribution in [3.63, 3.8) is 0 Å². The number of carbonyl (C=O) groups excluding carboxylic acids is 1. The number of esters is 1. The summed E-state index contributed by atoms with van der Waals surface area (Å²) in [6.07, 6.45) is 1.24. The maximum Gasteiger partial charge on any atom is 0.356 e. The highest BCUT2D eigenvalue weighted by Crippen LogP contribution is 2.10. The number of hydrogen-bond acceptors (Lipinski definition) is 5. The SMILES string of the molecule is COC(=O)CC#Cc1cnc(C(=O)O)c(N)c1. The predicted octanol–water partition coefficient (Wildman–Crippen LogP) is 0.277. The second-order valence-corrected chi connectivity index (χ2v) is 3.02. The average molecular weight is 234 g/mol. The number of aromatic nitrogens is 1. The van der Waals surface area contributed by atoms with Crippen LogP contribution in [0.3, 0.4) is 0 Å². The van der Waals surface area contributed by atoms with Crippen molar-refractivity contribution in [2.45, 2.75) is 6.42 Å². The van der Waals surface area contributed by atoms with Crippen molar-refractivity contribution in [3.8, 4) is 11.8 Å². The van der Waals surface area contributed by atoms with E-state index in [0.717, 1.165) is 0 Å². The first-order valence-electron chi connectivity index (χ1n) is 4.59. The number of rotatable bonds is 2. The molecule has 0 radical (unpaired) electrons. The van der Waals surface area contributed by atoms with E-state index in [1.807, 2.05) is 0 Å². The van der Waals surface area contributed by atoms with E-state index >= 15 is 0 Å². The van der Waals surface area contributed by atoms with Crippen molar-refractivity contribution in [2.75, 3.05) is 12.8 Å². The maximum atomic E-state index is 10.8. The molecule has 0 aliphatic heterocycles. The molecule has 0 spiro atoms. The summed E-state index contributed by atoms with van der Waals surface area (Å²) in [5.74, 6) is 3.55. The van der Waals surface area contributed by atoms with Crippen LogP contribution in [0.5, 0.6) is 0 Å². The molecule has 3 N–H and O–H groups in total. The van der Waals surface area contributed by atoms with Gasteiger partial charge in [0.2, 0.25) is 0 Å². The van der Waals surface area contributed by atoms with Gasteiger partial charge in [0.25, 0.3) is 0 Å². The summed E-state index contributed by atoms with van der Waals surface area (Å²) in [5, 5.41) is 8.70. The number of nitrogens with zero attached hydrogens (tertiary/aromatic N) is 1. The van der Waals surface area contributed by atoms with Crippen molar-refractivity contribution in [1.29, 1.82) is 0 Å². The number of anilines is 1. The number of pyridine rings is 1. The Morgan fingerprint density at radius 1 is 1.59 bits per heavy atom. The van der Waals surface area contributed by atoms with Gasteiger partial charge >= 0.3 is 11.9 Å². The van der Waals surface area contributed by atoms with E-state index in [1.54, 1.807) is 0 Å². The third-order valence-electron chi connectivity index (χ3n) is 1.81. The molecule has 0 unspecified atom stereocenters. The van der Waals surface area contributed by atoms with Gasteiger partial charge in [-0.3, -0.25) is 4.79 Å². The number of carbonyl (C=O) groups is 2. The molecule has 6 heteroatoms. The summed E-state index contributed by atoms with van der Waals surface area (Å²) in [5.41, 5.74) is 5.73. The number of carboxylic acids is 1. The van der Waals surface area contributed by atoms with Gasteiger partial charge in [-0.2, -0.15) is 0 Å². The second kappa shape index (κ2) is 5.51. The number of aromatic carboxylic acids is 1. The number of ether oxygens (including phenoxy) is 1. The molecule has 1 aromatic heterocycles. The Balaban J connectivity index is 2.84. The lowest BCUT2D eigenvalue weighted by Gasteiger charge is -1.99. The van der Waals surface area contributed by atoms with E-state index in [9.17, 15) is 9.59 Å². The van der Waals surface area contributed by atoms with Crippen LogP contribution in [0.25, 0.3) is 0 Å². The molecule has 0 bridgehead atoms. The molecular weight excluding hydrogens is 224 g/mol. The molecule has 0 saturated carbocycles. The number of methoxy groups -OCH3 is 1. The van der Waals surface area contributed by atoms with Gasteiger partial charge in [0.1, 0.15) is 6.42 Å². The summed E-state index contributed by atoms with van der Waals surface area (Å²) >= 11 is 0. The van der Waals surface area contributed by atoms with Crippen LogP contribution < -0.4 is 5.73 Å². The molecule has 1 rings (SSSR count). The molecule has 17 heavy (non-hydrogen) atoms. The topological polar surface area (TPSA) is 103 Å². The van der Waals surface area contributed by atoms with Gasteiger partial charge in [0.15, 0.2) is 5.69 Å². The third-order valence-corrected chi connectivity index (χ3v) is 1.81. The van der Waals surface area contributed by atoms with E-state index in [4.69, 9.17) is 10.8 Å². The van der Waals surface area contributed by atoms with Crippen LogP contribution in [0.15, 0.2) is 12.3 Å². The Hall–Kier alpha value is -2.55. The maximum absolute atomic E-state index is 10.8. The van der Waals surface area contributed by atoms with Crippen molar-refractivity contribution < 1.29 is 19.4 Å². The molecule has 0 saturated heterocycles. The standard InChI is InChI=1S/C11H10N2O4/c1-17-9(14)4-2-3-7-5-8(12)10(11(15)16)13-6-7/h5-6H,4,12H2,1H3,(H,15,16). The predicted molar refractivity (Wildman–Crippen MR) is 59.1 cm³/mol. The van der Waals surface area contributed by atoms with Gasteiger partial charge < -0.3 is 15.6 Å². The molecule has 88 valence electrons. The van der Waals surface area contributed by atoms with E-state index in [0.29, 0.717) is 5.56 Å². The lowest BCUT2D eigenvalue weighted by molar-refractivity contribution is -0.139. The van der Waals surface area contributed by atoms with Crippen LogP contribution in [0.1, 0.15) is 22.5 Å². The van der Waals surface area contributed by atoms with Crippen LogP contribution in [0.2, 0.25) is 0 Å². The van der Waals surface area contributed by atoms with Crippen molar-refractivity contribution >= 4 is 17.6 Å². The van der Waals surface area contributed by atoms with E-state index in [-0.39, 0.29) is 17.8 Å². The normalized spacial score (nSPS) is 9.00. The summed E-state index contributed by atoms with van der Waals surface area (Å²) in [4.78, 5) is 25.1. The average Bonchev–Trinajstić information content (AvgIpc) is 2.28. The zero-order chi connectivity index (χ0) is 12.8. The minimum Gasteiger partial charge on any atom is -0.476 e. The number of hydrogen-bond donors (Lipinski definition) is 2. The first-order chi connectivity index (χ1) is 8.04. The highest BCUT2D eigenvalue weighted by molar-refractivity contribution is 5.91. The third kappa shape index (κ3) is 3.50. The van der Waals surface area contributed by atoms with E-state index in [2.05, 4.69) is 21.6 Å². The van der Waals surface area contributed by atoms with Gasteiger partial charge in [-0.25, -0.2) is 9.78 Å². The van der Waals surface area contributed by atoms with Gasteiger partial charge in [-0.1, -0.05) is 11.8 Å². The van der Waals surface area contributed by atoms with Crippen LogP contribution in [-0.4, -0.2) is 29.1 Å². The minimum atomic E-state index is -1.20. The highest BCUT2D eigenvalue weighted by atomic mass is 16.5. The summed E-state index contributed by atoms with van der Waals surface area (Å²) < 4.78 is 4.40. The molecule has 0 aliphatic carbocycles.